The molecule has 0 spiro atoms. The Morgan fingerprint density at radius 2 is 2.19 bits per heavy atom. The molecule has 0 saturated carbocycles. The number of H-pyrrole nitrogens is 1. The van der Waals surface area contributed by atoms with Crippen molar-refractivity contribution in [1.29, 1.82) is 0 Å². The summed E-state index contributed by atoms with van der Waals surface area (Å²) in [6, 6.07) is 9.59. The van der Waals surface area contributed by atoms with Gasteiger partial charge in [-0.3, -0.25) is 4.79 Å². The lowest BCUT2D eigenvalue weighted by molar-refractivity contribution is 0.0689. The summed E-state index contributed by atoms with van der Waals surface area (Å²) in [4.78, 5) is 23.1. The number of hydrogen-bond donors (Lipinski definition) is 1. The van der Waals surface area contributed by atoms with Gasteiger partial charge >= 0.3 is 0 Å². The number of amides is 1. The predicted molar refractivity (Wildman–Crippen MR) is 112 cm³/mol. The molecule has 1 atom stereocenters. The van der Waals surface area contributed by atoms with Crippen LogP contribution in [0, 0.1) is 5.95 Å². The molecule has 1 aliphatic rings. The Morgan fingerprint density at radius 1 is 1.28 bits per heavy atom. The fourth-order valence-corrected chi connectivity index (χ4v) is 4.34. The average Bonchev–Trinajstić information content (AvgIpc) is 3.55. The standard InChI is InChI=1S/C22H18FN7O2/c1-32-14-5-6-18-15(10-26-29(18)11-14)22(31)28-8-7-16-20(25-12-24-16)21(28)17-9-13-3-2-4-19(23)30(13)27-17/h2-6,9-12,21H,7-8H2,1H3,(H,24,25)/t21-/m1/s1. The highest BCUT2D eigenvalue weighted by Crippen LogP contribution is 2.35. The zero-order chi connectivity index (χ0) is 21.8. The summed E-state index contributed by atoms with van der Waals surface area (Å²) >= 11 is 0. The molecule has 0 unspecified atom stereocenters. The Bertz CT molecular complexity index is 1480. The van der Waals surface area contributed by atoms with Gasteiger partial charge in [-0.15, -0.1) is 0 Å². The maximum Gasteiger partial charge on any atom is 0.258 e. The van der Waals surface area contributed by atoms with Gasteiger partial charge < -0.3 is 14.6 Å². The Balaban J connectivity index is 1.47. The van der Waals surface area contributed by atoms with Gasteiger partial charge in [-0.1, -0.05) is 6.07 Å². The van der Waals surface area contributed by atoms with Gasteiger partial charge in [0, 0.05) is 18.7 Å². The first kappa shape index (κ1) is 18.6. The second-order valence-electron chi connectivity index (χ2n) is 7.63. The molecule has 0 saturated heterocycles. The molecule has 1 N–H and O–H groups in total. The van der Waals surface area contributed by atoms with Crippen LogP contribution in [0.1, 0.15) is 33.5 Å². The van der Waals surface area contributed by atoms with Crippen LogP contribution in [0.25, 0.3) is 11.0 Å². The number of nitrogens with one attached hydrogen (secondary N) is 1. The lowest BCUT2D eigenvalue weighted by Crippen LogP contribution is -2.41. The molecule has 0 aromatic carbocycles. The minimum Gasteiger partial charge on any atom is -0.495 e. The Labute approximate surface area is 181 Å². The molecule has 32 heavy (non-hydrogen) atoms. The van der Waals surface area contributed by atoms with Crippen LogP contribution in [-0.2, 0) is 6.42 Å². The van der Waals surface area contributed by atoms with E-state index in [0.29, 0.717) is 46.7 Å². The molecule has 1 amide bonds. The van der Waals surface area contributed by atoms with Crippen molar-refractivity contribution in [2.45, 2.75) is 12.5 Å². The van der Waals surface area contributed by atoms with Gasteiger partial charge in [0.05, 0.1) is 53.8 Å². The van der Waals surface area contributed by atoms with Crippen LogP contribution in [0.5, 0.6) is 5.75 Å². The number of ether oxygens (including phenoxy) is 1. The number of rotatable bonds is 3. The predicted octanol–water partition coefficient (Wildman–Crippen LogP) is 2.64. The molecule has 0 bridgehead atoms. The van der Waals surface area contributed by atoms with E-state index in [0.717, 1.165) is 5.69 Å². The number of nitrogens with zero attached hydrogens (tertiary/aromatic N) is 6. The van der Waals surface area contributed by atoms with Crippen LogP contribution in [0.3, 0.4) is 0 Å². The number of carbonyl (C=O) groups excluding carboxylic acids is 1. The third kappa shape index (κ3) is 2.69. The number of methoxy groups -OCH3 is 1. The van der Waals surface area contributed by atoms with Crippen LogP contribution < -0.4 is 4.74 Å². The monoisotopic (exact) mass is 431 g/mol. The fourth-order valence-electron chi connectivity index (χ4n) is 4.34. The maximum absolute atomic E-state index is 14.3. The summed E-state index contributed by atoms with van der Waals surface area (Å²) < 4.78 is 22.4. The molecule has 1 aliphatic heterocycles. The number of pyridine rings is 2. The van der Waals surface area contributed by atoms with Gasteiger partial charge in [-0.05, 0) is 30.3 Å². The third-order valence-electron chi connectivity index (χ3n) is 5.88. The molecule has 0 radical (unpaired) electrons. The van der Waals surface area contributed by atoms with Crippen LogP contribution in [0.4, 0.5) is 4.39 Å². The molecule has 9 nitrogen and oxygen atoms in total. The van der Waals surface area contributed by atoms with Gasteiger partial charge in [0.1, 0.15) is 11.8 Å². The summed E-state index contributed by atoms with van der Waals surface area (Å²) in [5.74, 6) is -0.0223. The second kappa shape index (κ2) is 6.91. The zero-order valence-corrected chi connectivity index (χ0v) is 17.1. The van der Waals surface area contributed by atoms with Gasteiger partial charge in [0.25, 0.3) is 5.91 Å². The van der Waals surface area contributed by atoms with Gasteiger partial charge in [-0.25, -0.2) is 14.0 Å². The summed E-state index contributed by atoms with van der Waals surface area (Å²) in [6.07, 6.45) is 5.52. The summed E-state index contributed by atoms with van der Waals surface area (Å²) in [6.45, 7) is 0.461. The van der Waals surface area contributed by atoms with Crippen molar-refractivity contribution in [3.05, 3.63) is 83.7 Å². The molecule has 0 fully saturated rings. The molecule has 160 valence electrons. The van der Waals surface area contributed by atoms with Crippen molar-refractivity contribution < 1.29 is 13.9 Å². The molecular weight excluding hydrogens is 413 g/mol. The Morgan fingerprint density at radius 3 is 3.03 bits per heavy atom. The lowest BCUT2D eigenvalue weighted by atomic mass is 9.98. The van der Waals surface area contributed by atoms with E-state index >= 15 is 0 Å². The van der Waals surface area contributed by atoms with Gasteiger partial charge in [0.2, 0.25) is 5.95 Å². The van der Waals surface area contributed by atoms with Crippen LogP contribution >= 0.6 is 0 Å². The van der Waals surface area contributed by atoms with Crippen LogP contribution in [0.15, 0.2) is 55.1 Å². The quantitative estimate of drug-likeness (QED) is 0.444. The number of aromatic nitrogens is 6. The van der Waals surface area contributed by atoms with Crippen LogP contribution in [0.2, 0.25) is 0 Å². The number of fused-ring (bicyclic) bond motifs is 3. The van der Waals surface area contributed by atoms with Crippen molar-refractivity contribution >= 4 is 16.9 Å². The Hall–Kier alpha value is -4.21. The number of aromatic amines is 1. The average molecular weight is 431 g/mol. The molecule has 10 heteroatoms. The van der Waals surface area contributed by atoms with Crippen molar-refractivity contribution in [2.24, 2.45) is 0 Å². The minimum atomic E-state index is -0.551. The minimum absolute atomic E-state index is 0.193. The molecular formula is C22H18FN7O2. The highest BCUT2D eigenvalue weighted by atomic mass is 19.1. The normalized spacial score (nSPS) is 15.9. The van der Waals surface area contributed by atoms with E-state index in [9.17, 15) is 9.18 Å². The molecule has 0 aliphatic carbocycles. The summed E-state index contributed by atoms with van der Waals surface area (Å²) in [5, 5.41) is 8.79. The highest BCUT2D eigenvalue weighted by Gasteiger charge is 2.37. The molecule has 6 rings (SSSR count). The van der Waals surface area contributed by atoms with Crippen molar-refractivity contribution in [1.82, 2.24) is 34.1 Å². The third-order valence-corrected chi connectivity index (χ3v) is 5.88. The fraction of sp³-hybridized carbons (Fsp3) is 0.182. The number of halogens is 1. The first-order valence-corrected chi connectivity index (χ1v) is 10.1. The Kier molecular flexibility index (Phi) is 4.00. The summed E-state index contributed by atoms with van der Waals surface area (Å²) in [7, 11) is 1.58. The molecule has 5 aromatic heterocycles. The number of imidazole rings is 1. The van der Waals surface area contributed by atoms with Gasteiger partial charge in [-0.2, -0.15) is 14.6 Å². The van der Waals surface area contributed by atoms with Gasteiger partial charge in [0.15, 0.2) is 0 Å². The largest absolute Gasteiger partial charge is 0.495 e. The van der Waals surface area contributed by atoms with Crippen LogP contribution in [-0.4, -0.2) is 53.7 Å². The van der Waals surface area contributed by atoms with E-state index in [-0.39, 0.29) is 5.91 Å². The first-order valence-electron chi connectivity index (χ1n) is 10.1. The number of hydrogen-bond acceptors (Lipinski definition) is 5. The van der Waals surface area contributed by atoms with E-state index in [1.54, 1.807) is 65.6 Å². The second-order valence-corrected chi connectivity index (χ2v) is 7.63. The van der Waals surface area contributed by atoms with E-state index in [2.05, 4.69) is 20.2 Å². The topological polar surface area (TPSA) is 92.8 Å². The smallest absolute Gasteiger partial charge is 0.258 e. The molecule has 5 aromatic rings. The van der Waals surface area contributed by atoms with E-state index in [1.165, 1.54) is 10.6 Å². The lowest BCUT2D eigenvalue weighted by Gasteiger charge is -2.33. The van der Waals surface area contributed by atoms with Crippen molar-refractivity contribution in [3.63, 3.8) is 0 Å². The van der Waals surface area contributed by atoms with Crippen molar-refractivity contribution in [3.8, 4) is 5.75 Å². The maximum atomic E-state index is 14.3. The SMILES string of the molecule is COc1ccc2c(C(=O)N3CCc4[nH]cnc4[C@H]3c3cc4cccc(F)n4n3)cnn2c1. The highest BCUT2D eigenvalue weighted by molar-refractivity contribution is 6.01. The molecule has 6 heterocycles. The number of carbonyl (C=O) groups is 1. The van der Waals surface area contributed by atoms with E-state index < -0.39 is 12.0 Å². The zero-order valence-electron chi connectivity index (χ0n) is 17.1. The van der Waals surface area contributed by atoms with E-state index in [4.69, 9.17) is 4.74 Å². The van der Waals surface area contributed by atoms with Crippen molar-refractivity contribution in [2.75, 3.05) is 13.7 Å². The van der Waals surface area contributed by atoms with E-state index in [1.807, 2.05) is 0 Å². The first-order chi connectivity index (χ1) is 15.6. The summed E-state index contributed by atoms with van der Waals surface area (Å²) in [5.41, 5.74) is 3.95.